The van der Waals surface area contributed by atoms with Crippen LogP contribution in [-0.4, -0.2) is 36.9 Å². The number of anilines is 1. The summed E-state index contributed by atoms with van der Waals surface area (Å²) in [5, 5.41) is 0. The van der Waals surface area contributed by atoms with Crippen LogP contribution in [0.3, 0.4) is 0 Å². The van der Waals surface area contributed by atoms with Gasteiger partial charge in [-0.3, -0.25) is 9.69 Å². The Balaban J connectivity index is 1.55. The summed E-state index contributed by atoms with van der Waals surface area (Å²) in [5.41, 5.74) is 3.06. The molecule has 0 bridgehead atoms. The van der Waals surface area contributed by atoms with E-state index in [1.54, 1.807) is 6.92 Å². The second-order valence-electron chi connectivity index (χ2n) is 5.99. The lowest BCUT2D eigenvalue weighted by molar-refractivity contribution is 0.101. The molecule has 120 valence electrons. The third-order valence-corrected chi connectivity index (χ3v) is 4.33. The van der Waals surface area contributed by atoms with Crippen molar-refractivity contribution < 1.29 is 9.18 Å². The van der Waals surface area contributed by atoms with E-state index in [0.717, 1.165) is 49.5 Å². The molecule has 3 rings (SSSR count). The number of ketones is 1. The van der Waals surface area contributed by atoms with Gasteiger partial charge in [0.05, 0.1) is 0 Å². The molecule has 1 saturated heterocycles. The Kier molecular flexibility index (Phi) is 4.72. The molecule has 0 aliphatic carbocycles. The van der Waals surface area contributed by atoms with E-state index in [1.165, 1.54) is 12.1 Å². The van der Waals surface area contributed by atoms with Gasteiger partial charge in [0.2, 0.25) is 0 Å². The van der Waals surface area contributed by atoms with Crippen molar-refractivity contribution in [3.63, 3.8) is 0 Å². The summed E-state index contributed by atoms with van der Waals surface area (Å²) in [6.45, 7) is 6.32. The standard InChI is InChI=1S/C19H21FN2O/c1-15(23)17-4-8-19(9-5-17)22-12-10-21(11-13-22)14-16-2-6-18(20)7-3-16/h2-9H,10-14H2,1H3. The zero-order valence-corrected chi connectivity index (χ0v) is 13.3. The Morgan fingerprint density at radius 1 is 0.957 bits per heavy atom. The number of benzene rings is 2. The molecule has 1 heterocycles. The van der Waals surface area contributed by atoms with E-state index >= 15 is 0 Å². The molecule has 2 aromatic carbocycles. The second-order valence-corrected chi connectivity index (χ2v) is 5.99. The van der Waals surface area contributed by atoms with Crippen LogP contribution >= 0.6 is 0 Å². The van der Waals surface area contributed by atoms with Gasteiger partial charge in [-0.05, 0) is 48.9 Å². The first-order chi connectivity index (χ1) is 11.1. The molecule has 0 radical (unpaired) electrons. The minimum Gasteiger partial charge on any atom is -0.369 e. The number of carbonyl (C=O) groups excluding carboxylic acids is 1. The van der Waals surface area contributed by atoms with Gasteiger partial charge in [0.1, 0.15) is 5.82 Å². The highest BCUT2D eigenvalue weighted by atomic mass is 19.1. The van der Waals surface area contributed by atoms with Gasteiger partial charge in [-0.1, -0.05) is 12.1 Å². The number of Topliss-reactive ketones (excluding diaryl/α,β-unsaturated/α-hetero) is 1. The molecule has 3 nitrogen and oxygen atoms in total. The fourth-order valence-corrected chi connectivity index (χ4v) is 2.92. The van der Waals surface area contributed by atoms with Gasteiger partial charge in [0.15, 0.2) is 5.78 Å². The lowest BCUT2D eigenvalue weighted by atomic mass is 10.1. The quantitative estimate of drug-likeness (QED) is 0.809. The fourth-order valence-electron chi connectivity index (χ4n) is 2.92. The number of hydrogen-bond acceptors (Lipinski definition) is 3. The molecular weight excluding hydrogens is 291 g/mol. The van der Waals surface area contributed by atoms with Gasteiger partial charge in [-0.15, -0.1) is 0 Å². The van der Waals surface area contributed by atoms with Crippen LogP contribution in [0.4, 0.5) is 10.1 Å². The number of halogens is 1. The van der Waals surface area contributed by atoms with Crippen molar-refractivity contribution >= 4 is 11.5 Å². The van der Waals surface area contributed by atoms with E-state index < -0.39 is 0 Å². The molecule has 0 amide bonds. The highest BCUT2D eigenvalue weighted by molar-refractivity contribution is 5.94. The fraction of sp³-hybridized carbons (Fsp3) is 0.316. The maximum absolute atomic E-state index is 12.9. The van der Waals surface area contributed by atoms with Crippen LogP contribution in [0.2, 0.25) is 0 Å². The SMILES string of the molecule is CC(=O)c1ccc(N2CCN(Cc3ccc(F)cc3)CC2)cc1. The van der Waals surface area contributed by atoms with Gasteiger partial charge in [-0.2, -0.15) is 0 Å². The van der Waals surface area contributed by atoms with Crippen LogP contribution in [0.1, 0.15) is 22.8 Å². The Labute approximate surface area is 136 Å². The Bertz CT molecular complexity index is 659. The Hall–Kier alpha value is -2.20. The summed E-state index contributed by atoms with van der Waals surface area (Å²) in [7, 11) is 0. The average molecular weight is 312 g/mol. The molecule has 1 aliphatic rings. The molecule has 2 aromatic rings. The van der Waals surface area contributed by atoms with Crippen molar-refractivity contribution in [1.29, 1.82) is 0 Å². The summed E-state index contributed by atoms with van der Waals surface area (Å²) >= 11 is 0. The molecule has 0 spiro atoms. The van der Waals surface area contributed by atoms with Crippen LogP contribution in [0.15, 0.2) is 48.5 Å². The first kappa shape index (κ1) is 15.7. The number of nitrogens with zero attached hydrogens (tertiary/aromatic N) is 2. The summed E-state index contributed by atoms with van der Waals surface area (Å²) < 4.78 is 12.9. The van der Waals surface area contributed by atoms with Gasteiger partial charge < -0.3 is 4.90 Å². The van der Waals surface area contributed by atoms with Crippen molar-refractivity contribution in [3.8, 4) is 0 Å². The maximum atomic E-state index is 12.9. The molecule has 1 fully saturated rings. The van der Waals surface area contributed by atoms with Crippen molar-refractivity contribution in [2.45, 2.75) is 13.5 Å². The van der Waals surface area contributed by atoms with E-state index in [4.69, 9.17) is 0 Å². The minimum absolute atomic E-state index is 0.0978. The molecule has 0 atom stereocenters. The summed E-state index contributed by atoms with van der Waals surface area (Å²) in [5.74, 6) is -0.0896. The van der Waals surface area contributed by atoms with Gasteiger partial charge in [0, 0.05) is 44.0 Å². The minimum atomic E-state index is -0.187. The molecule has 0 aromatic heterocycles. The molecular formula is C19H21FN2O. The van der Waals surface area contributed by atoms with E-state index in [1.807, 2.05) is 36.4 Å². The average Bonchev–Trinajstić information content (AvgIpc) is 2.58. The molecule has 0 unspecified atom stereocenters. The largest absolute Gasteiger partial charge is 0.369 e. The van der Waals surface area contributed by atoms with Gasteiger partial charge in [-0.25, -0.2) is 4.39 Å². The van der Waals surface area contributed by atoms with Crippen molar-refractivity contribution in [3.05, 3.63) is 65.5 Å². The molecule has 1 aliphatic heterocycles. The third kappa shape index (κ3) is 3.96. The zero-order chi connectivity index (χ0) is 16.2. The number of carbonyl (C=O) groups is 1. The maximum Gasteiger partial charge on any atom is 0.159 e. The number of rotatable bonds is 4. The zero-order valence-electron chi connectivity index (χ0n) is 13.3. The number of piperazine rings is 1. The monoisotopic (exact) mass is 312 g/mol. The van der Waals surface area contributed by atoms with Crippen molar-refractivity contribution in [1.82, 2.24) is 4.90 Å². The van der Waals surface area contributed by atoms with Crippen LogP contribution in [0, 0.1) is 5.82 Å². The number of hydrogen-bond donors (Lipinski definition) is 0. The molecule has 0 saturated carbocycles. The summed E-state index contributed by atoms with van der Waals surface area (Å²) in [6.07, 6.45) is 0. The van der Waals surface area contributed by atoms with E-state index in [2.05, 4.69) is 9.80 Å². The molecule has 0 N–H and O–H groups in total. The Morgan fingerprint density at radius 3 is 2.13 bits per heavy atom. The van der Waals surface area contributed by atoms with Gasteiger partial charge in [0.25, 0.3) is 0 Å². The highest BCUT2D eigenvalue weighted by Crippen LogP contribution is 2.18. The summed E-state index contributed by atoms with van der Waals surface area (Å²) in [6, 6.07) is 14.6. The third-order valence-electron chi connectivity index (χ3n) is 4.33. The van der Waals surface area contributed by atoms with Crippen molar-refractivity contribution in [2.24, 2.45) is 0 Å². The predicted octanol–water partition coefficient (Wildman–Crippen LogP) is 3.35. The van der Waals surface area contributed by atoms with E-state index in [0.29, 0.717) is 0 Å². The van der Waals surface area contributed by atoms with Crippen LogP contribution in [0.25, 0.3) is 0 Å². The summed E-state index contributed by atoms with van der Waals surface area (Å²) in [4.78, 5) is 16.0. The first-order valence-corrected chi connectivity index (χ1v) is 7.94. The second kappa shape index (κ2) is 6.92. The first-order valence-electron chi connectivity index (χ1n) is 7.94. The smallest absolute Gasteiger partial charge is 0.159 e. The van der Waals surface area contributed by atoms with Crippen LogP contribution in [0.5, 0.6) is 0 Å². The Morgan fingerprint density at radius 2 is 1.57 bits per heavy atom. The normalized spacial score (nSPS) is 15.7. The van der Waals surface area contributed by atoms with Gasteiger partial charge >= 0.3 is 0 Å². The lowest BCUT2D eigenvalue weighted by Crippen LogP contribution is -2.45. The molecule has 4 heteroatoms. The van der Waals surface area contributed by atoms with Crippen molar-refractivity contribution in [2.75, 3.05) is 31.1 Å². The van der Waals surface area contributed by atoms with Crippen LogP contribution in [-0.2, 0) is 6.54 Å². The van der Waals surface area contributed by atoms with E-state index in [9.17, 15) is 9.18 Å². The molecule has 23 heavy (non-hydrogen) atoms. The predicted molar refractivity (Wildman–Crippen MR) is 90.3 cm³/mol. The topological polar surface area (TPSA) is 23.6 Å². The van der Waals surface area contributed by atoms with E-state index in [-0.39, 0.29) is 11.6 Å². The lowest BCUT2D eigenvalue weighted by Gasteiger charge is -2.36. The highest BCUT2D eigenvalue weighted by Gasteiger charge is 2.17. The van der Waals surface area contributed by atoms with Crippen LogP contribution < -0.4 is 4.90 Å².